The number of aromatic amines is 1. The van der Waals surface area contributed by atoms with E-state index in [1.165, 1.54) is 12.3 Å². The van der Waals surface area contributed by atoms with E-state index in [0.717, 1.165) is 12.8 Å². The van der Waals surface area contributed by atoms with Gasteiger partial charge in [-0.05, 0) is 12.5 Å². The van der Waals surface area contributed by atoms with Crippen LogP contribution in [0.3, 0.4) is 0 Å². The lowest BCUT2D eigenvalue weighted by Crippen LogP contribution is -2.12. The van der Waals surface area contributed by atoms with E-state index in [0.29, 0.717) is 12.1 Å². The van der Waals surface area contributed by atoms with Crippen LogP contribution in [-0.4, -0.2) is 10.9 Å². The highest BCUT2D eigenvalue weighted by Crippen LogP contribution is 2.03. The molecular weight excluding hydrogens is 180 g/mol. The molecule has 76 valence electrons. The molecule has 0 fully saturated rings. The van der Waals surface area contributed by atoms with Gasteiger partial charge in [0.2, 0.25) is 11.5 Å². The number of carbonyl (C=O) groups excluding carboxylic acids is 1. The summed E-state index contributed by atoms with van der Waals surface area (Å²) < 4.78 is 0. The van der Waals surface area contributed by atoms with Crippen LogP contribution in [0.25, 0.3) is 0 Å². The molecule has 1 amide bonds. The van der Waals surface area contributed by atoms with Gasteiger partial charge in [-0.25, -0.2) is 0 Å². The number of aromatic nitrogens is 1. The normalized spacial score (nSPS) is 9.79. The Balaban J connectivity index is 2.48. The average molecular weight is 194 g/mol. The molecule has 0 aliphatic rings. The predicted octanol–water partition coefficient (Wildman–Crippen LogP) is 1.50. The van der Waals surface area contributed by atoms with E-state index in [1.54, 1.807) is 6.07 Å². The third kappa shape index (κ3) is 3.43. The summed E-state index contributed by atoms with van der Waals surface area (Å²) in [6, 6.07) is 2.97. The summed E-state index contributed by atoms with van der Waals surface area (Å²) in [5.74, 6) is -0.0149. The summed E-state index contributed by atoms with van der Waals surface area (Å²) in [6.07, 6.45) is 3.90. The number of hydrogen-bond donors (Lipinski definition) is 2. The molecule has 4 heteroatoms. The van der Waals surface area contributed by atoms with Gasteiger partial charge in [0.25, 0.3) is 0 Å². The highest BCUT2D eigenvalue weighted by molar-refractivity contribution is 5.90. The fourth-order valence-corrected chi connectivity index (χ4v) is 1.05. The van der Waals surface area contributed by atoms with Crippen molar-refractivity contribution in [2.75, 3.05) is 5.32 Å². The van der Waals surface area contributed by atoms with Crippen molar-refractivity contribution in [3.8, 4) is 0 Å². The third-order valence-corrected chi connectivity index (χ3v) is 1.83. The van der Waals surface area contributed by atoms with Crippen molar-refractivity contribution in [3.63, 3.8) is 0 Å². The van der Waals surface area contributed by atoms with Crippen LogP contribution in [0.4, 0.5) is 5.69 Å². The number of amides is 1. The van der Waals surface area contributed by atoms with Crippen LogP contribution < -0.4 is 10.9 Å². The summed E-state index contributed by atoms with van der Waals surface area (Å²) >= 11 is 0. The Morgan fingerprint density at radius 2 is 2.29 bits per heavy atom. The number of carbonyl (C=O) groups is 1. The van der Waals surface area contributed by atoms with Crippen molar-refractivity contribution in [3.05, 3.63) is 28.7 Å². The van der Waals surface area contributed by atoms with Crippen LogP contribution in [0, 0.1) is 0 Å². The van der Waals surface area contributed by atoms with Crippen LogP contribution >= 0.6 is 0 Å². The first-order chi connectivity index (χ1) is 6.72. The lowest BCUT2D eigenvalue weighted by Gasteiger charge is -2.02. The number of hydrogen-bond acceptors (Lipinski definition) is 2. The van der Waals surface area contributed by atoms with Crippen LogP contribution in [0.15, 0.2) is 23.1 Å². The van der Waals surface area contributed by atoms with Crippen LogP contribution in [0.1, 0.15) is 26.2 Å². The van der Waals surface area contributed by atoms with E-state index in [9.17, 15) is 9.59 Å². The molecule has 14 heavy (non-hydrogen) atoms. The molecule has 2 N–H and O–H groups in total. The number of anilines is 1. The highest BCUT2D eigenvalue weighted by Gasteiger charge is 2.00. The largest absolute Gasteiger partial charge is 0.327 e. The van der Waals surface area contributed by atoms with Crippen molar-refractivity contribution in [2.24, 2.45) is 0 Å². The summed E-state index contributed by atoms with van der Waals surface area (Å²) in [5.41, 5.74) is 0.460. The fourth-order valence-electron chi connectivity index (χ4n) is 1.05. The molecular formula is C10H14N2O2. The minimum atomic E-state index is -0.170. The molecule has 0 aliphatic heterocycles. The van der Waals surface area contributed by atoms with Crippen LogP contribution in [-0.2, 0) is 4.79 Å². The molecule has 1 aromatic rings. The minimum Gasteiger partial charge on any atom is -0.327 e. The first-order valence-corrected chi connectivity index (χ1v) is 4.71. The number of rotatable bonds is 4. The van der Waals surface area contributed by atoms with Gasteiger partial charge in [0.05, 0.1) is 5.69 Å². The maximum absolute atomic E-state index is 11.3. The zero-order valence-corrected chi connectivity index (χ0v) is 8.17. The lowest BCUT2D eigenvalue weighted by atomic mass is 10.2. The second kappa shape index (κ2) is 5.21. The first-order valence-electron chi connectivity index (χ1n) is 4.71. The number of H-pyrrole nitrogens is 1. The first kappa shape index (κ1) is 10.5. The fraction of sp³-hybridized carbons (Fsp3) is 0.400. The third-order valence-electron chi connectivity index (χ3n) is 1.83. The van der Waals surface area contributed by atoms with Crippen molar-refractivity contribution in [2.45, 2.75) is 26.2 Å². The van der Waals surface area contributed by atoms with Gasteiger partial charge in [0.1, 0.15) is 0 Å². The molecule has 0 saturated heterocycles. The van der Waals surface area contributed by atoms with E-state index in [-0.39, 0.29) is 11.5 Å². The Bertz CT molecular complexity index is 337. The van der Waals surface area contributed by atoms with Crippen LogP contribution in [0.5, 0.6) is 0 Å². The van der Waals surface area contributed by atoms with Gasteiger partial charge >= 0.3 is 0 Å². The molecule has 0 radical (unpaired) electrons. The summed E-state index contributed by atoms with van der Waals surface area (Å²) in [6.45, 7) is 2.04. The van der Waals surface area contributed by atoms with Gasteiger partial charge in [-0.2, -0.15) is 0 Å². The molecule has 0 saturated carbocycles. The van der Waals surface area contributed by atoms with Gasteiger partial charge in [-0.15, -0.1) is 0 Å². The van der Waals surface area contributed by atoms with Gasteiger partial charge in [0.15, 0.2) is 0 Å². The van der Waals surface area contributed by atoms with Gasteiger partial charge in [-0.3, -0.25) is 9.59 Å². The zero-order valence-electron chi connectivity index (χ0n) is 8.17. The smallest absolute Gasteiger partial charge is 0.248 e. The molecule has 1 aromatic heterocycles. The molecule has 0 aliphatic carbocycles. The van der Waals surface area contributed by atoms with Crippen molar-refractivity contribution >= 4 is 11.6 Å². The Morgan fingerprint density at radius 3 is 2.86 bits per heavy atom. The molecule has 0 spiro atoms. The number of unbranched alkanes of at least 4 members (excludes halogenated alkanes) is 1. The predicted molar refractivity (Wildman–Crippen MR) is 55.2 cm³/mol. The van der Waals surface area contributed by atoms with E-state index in [4.69, 9.17) is 0 Å². The van der Waals surface area contributed by atoms with Gasteiger partial charge in [-0.1, -0.05) is 13.3 Å². The zero-order chi connectivity index (χ0) is 10.4. The molecule has 0 atom stereocenters. The number of pyridine rings is 1. The molecule has 0 unspecified atom stereocenters. The second-order valence-electron chi connectivity index (χ2n) is 3.09. The molecule has 0 aromatic carbocycles. The van der Waals surface area contributed by atoms with Crippen LogP contribution in [0.2, 0.25) is 0 Å². The number of nitrogens with one attached hydrogen (secondary N) is 2. The SMILES string of the molecule is CCCCC(=O)Nc1ccc(=O)[nH]c1. The highest BCUT2D eigenvalue weighted by atomic mass is 16.1. The summed E-state index contributed by atoms with van der Waals surface area (Å²) in [5, 5.41) is 2.69. The molecule has 0 bridgehead atoms. The Labute approximate surface area is 82.3 Å². The summed E-state index contributed by atoms with van der Waals surface area (Å²) in [4.78, 5) is 24.5. The molecule has 4 nitrogen and oxygen atoms in total. The standard InChI is InChI=1S/C10H14N2O2/c1-2-3-4-10(14)12-8-5-6-9(13)11-7-8/h5-7H,2-4H2,1H3,(H,11,13)(H,12,14). The van der Waals surface area contributed by atoms with Crippen molar-refractivity contribution in [1.82, 2.24) is 4.98 Å². The van der Waals surface area contributed by atoms with Crippen molar-refractivity contribution < 1.29 is 4.79 Å². The minimum absolute atomic E-state index is 0.0149. The second-order valence-corrected chi connectivity index (χ2v) is 3.09. The molecule has 1 heterocycles. The van der Waals surface area contributed by atoms with E-state index in [1.807, 2.05) is 6.92 Å². The molecule has 1 rings (SSSR count). The monoisotopic (exact) mass is 194 g/mol. The quantitative estimate of drug-likeness (QED) is 0.763. The Morgan fingerprint density at radius 1 is 1.50 bits per heavy atom. The van der Waals surface area contributed by atoms with E-state index >= 15 is 0 Å². The lowest BCUT2D eigenvalue weighted by molar-refractivity contribution is -0.116. The Hall–Kier alpha value is -1.58. The van der Waals surface area contributed by atoms with Crippen molar-refractivity contribution in [1.29, 1.82) is 0 Å². The maximum Gasteiger partial charge on any atom is 0.248 e. The van der Waals surface area contributed by atoms with E-state index < -0.39 is 0 Å². The topological polar surface area (TPSA) is 62.0 Å². The average Bonchev–Trinajstić information content (AvgIpc) is 2.18. The van der Waals surface area contributed by atoms with E-state index in [2.05, 4.69) is 10.3 Å². The maximum atomic E-state index is 11.3. The van der Waals surface area contributed by atoms with Gasteiger partial charge < -0.3 is 10.3 Å². The Kier molecular flexibility index (Phi) is 3.91. The van der Waals surface area contributed by atoms with Gasteiger partial charge in [0, 0.05) is 18.7 Å². The summed E-state index contributed by atoms with van der Waals surface area (Å²) in [7, 11) is 0.